The van der Waals surface area contributed by atoms with Crippen LogP contribution in [-0.4, -0.2) is 35.9 Å². The third-order valence-electron chi connectivity index (χ3n) is 6.26. The highest BCUT2D eigenvalue weighted by molar-refractivity contribution is 5.84. The van der Waals surface area contributed by atoms with Gasteiger partial charge in [-0.2, -0.15) is 0 Å². The summed E-state index contributed by atoms with van der Waals surface area (Å²) < 4.78 is 19.4. The molecular weight excluding hydrogens is 445 g/mol. The molecule has 2 aromatic heterocycles. The highest BCUT2D eigenvalue weighted by Crippen LogP contribution is 2.27. The largest absolute Gasteiger partial charge is 0.467 e. The molecule has 1 aliphatic rings. The van der Waals surface area contributed by atoms with Crippen molar-refractivity contribution in [1.29, 1.82) is 0 Å². The van der Waals surface area contributed by atoms with E-state index in [0.717, 1.165) is 16.5 Å². The van der Waals surface area contributed by atoms with Crippen LogP contribution in [0.5, 0.6) is 0 Å². The molecule has 0 saturated carbocycles. The van der Waals surface area contributed by atoms with Gasteiger partial charge in [0, 0.05) is 43.7 Å². The summed E-state index contributed by atoms with van der Waals surface area (Å²) in [5.41, 5.74) is 9.03. The van der Waals surface area contributed by atoms with Crippen LogP contribution < -0.4 is 15.8 Å². The van der Waals surface area contributed by atoms with Crippen LogP contribution in [0.2, 0.25) is 0 Å². The number of pyridine rings is 1. The second kappa shape index (κ2) is 9.85. The van der Waals surface area contributed by atoms with E-state index in [0.29, 0.717) is 36.6 Å². The van der Waals surface area contributed by atoms with E-state index in [2.05, 4.69) is 23.0 Å². The van der Waals surface area contributed by atoms with Crippen molar-refractivity contribution in [2.75, 3.05) is 19.0 Å². The molecule has 1 fully saturated rings. The van der Waals surface area contributed by atoms with Crippen LogP contribution in [-0.2, 0) is 17.9 Å². The lowest BCUT2D eigenvalue weighted by molar-refractivity contribution is -0.134. The van der Waals surface area contributed by atoms with E-state index >= 15 is 0 Å². The zero-order chi connectivity index (χ0) is 24.4. The molecule has 2 atom stereocenters. The molecule has 2 N–H and O–H groups in total. The molecule has 2 unspecified atom stereocenters. The van der Waals surface area contributed by atoms with Crippen LogP contribution in [0.3, 0.4) is 0 Å². The van der Waals surface area contributed by atoms with Gasteiger partial charge in [0.15, 0.2) is 0 Å². The second-order valence-corrected chi connectivity index (χ2v) is 9.02. The summed E-state index contributed by atoms with van der Waals surface area (Å²) in [6.07, 6.45) is 2.24. The summed E-state index contributed by atoms with van der Waals surface area (Å²) in [6.45, 7) is 0.663. The smallest absolute Gasteiger partial charge is 0.241 e. The van der Waals surface area contributed by atoms with Crippen molar-refractivity contribution in [2.45, 2.75) is 31.6 Å². The molecule has 7 nitrogen and oxygen atoms in total. The quantitative estimate of drug-likeness (QED) is 0.420. The molecule has 8 heteroatoms. The number of furan rings is 1. The predicted molar refractivity (Wildman–Crippen MR) is 133 cm³/mol. The summed E-state index contributed by atoms with van der Waals surface area (Å²) in [5, 5.41) is 0.821. The average molecular weight is 474 g/mol. The van der Waals surface area contributed by atoms with Gasteiger partial charge >= 0.3 is 0 Å². The summed E-state index contributed by atoms with van der Waals surface area (Å²) >= 11 is 0. The number of anilines is 1. The number of aromatic nitrogens is 1. The van der Waals surface area contributed by atoms with Gasteiger partial charge in [-0.1, -0.05) is 30.3 Å². The van der Waals surface area contributed by atoms with Gasteiger partial charge < -0.3 is 14.2 Å². The summed E-state index contributed by atoms with van der Waals surface area (Å²) in [5.74, 6) is 1.03. The Morgan fingerprint density at radius 2 is 1.89 bits per heavy atom. The highest BCUT2D eigenvalue weighted by atomic mass is 19.1. The standard InChI is InChI=1S/C27H28FN5O2/c1-32(2)26-20(13-19-10-11-21(28)14-23(19)29-26)16-33(17-22-9-6-12-35-22)27(34)25-15-24(30-31-25)18-7-4-3-5-8-18/h3-14,24-25,30-31H,15-17H2,1-2H3. The van der Waals surface area contributed by atoms with Gasteiger partial charge in [0.25, 0.3) is 0 Å². The summed E-state index contributed by atoms with van der Waals surface area (Å²) in [7, 11) is 3.78. The lowest BCUT2D eigenvalue weighted by Gasteiger charge is -2.27. The number of carbonyl (C=O) groups is 1. The van der Waals surface area contributed by atoms with Crippen molar-refractivity contribution in [3.63, 3.8) is 0 Å². The Labute approximate surface area is 203 Å². The first-order chi connectivity index (χ1) is 17.0. The van der Waals surface area contributed by atoms with Crippen LogP contribution in [0.15, 0.2) is 77.4 Å². The van der Waals surface area contributed by atoms with Gasteiger partial charge in [0.1, 0.15) is 23.4 Å². The number of benzene rings is 2. The van der Waals surface area contributed by atoms with Crippen molar-refractivity contribution >= 4 is 22.6 Å². The summed E-state index contributed by atoms with van der Waals surface area (Å²) in [6, 6.07) is 20.0. The predicted octanol–water partition coefficient (Wildman–Crippen LogP) is 4.17. The number of fused-ring (bicyclic) bond motifs is 1. The van der Waals surface area contributed by atoms with E-state index in [1.54, 1.807) is 17.2 Å². The fourth-order valence-electron chi connectivity index (χ4n) is 4.53. The average Bonchev–Trinajstić information content (AvgIpc) is 3.56. The van der Waals surface area contributed by atoms with E-state index in [9.17, 15) is 9.18 Å². The molecule has 5 rings (SSSR count). The Balaban J connectivity index is 1.44. The SMILES string of the molecule is CN(C)c1nc2cc(F)ccc2cc1CN(Cc1ccco1)C(=O)C1CC(c2ccccc2)NN1. The number of amides is 1. The van der Waals surface area contributed by atoms with Crippen LogP contribution in [0.4, 0.5) is 10.2 Å². The van der Waals surface area contributed by atoms with E-state index in [1.807, 2.05) is 55.4 Å². The Hall–Kier alpha value is -3.75. The highest BCUT2D eigenvalue weighted by Gasteiger charge is 2.33. The number of carbonyl (C=O) groups excluding carboxylic acids is 1. The first kappa shape index (κ1) is 23.0. The number of nitrogens with zero attached hydrogens (tertiary/aromatic N) is 3. The molecule has 35 heavy (non-hydrogen) atoms. The number of halogens is 1. The van der Waals surface area contributed by atoms with Crippen molar-refractivity contribution in [1.82, 2.24) is 20.7 Å². The zero-order valence-corrected chi connectivity index (χ0v) is 19.7. The molecule has 0 spiro atoms. The Kier molecular flexibility index (Phi) is 6.48. The fourth-order valence-corrected chi connectivity index (χ4v) is 4.53. The normalized spacial score (nSPS) is 17.6. The molecular formula is C27H28FN5O2. The maximum Gasteiger partial charge on any atom is 0.241 e. The van der Waals surface area contributed by atoms with Crippen LogP contribution in [0.1, 0.15) is 29.3 Å². The molecule has 180 valence electrons. The van der Waals surface area contributed by atoms with Crippen LogP contribution >= 0.6 is 0 Å². The van der Waals surface area contributed by atoms with Crippen molar-refractivity contribution in [3.8, 4) is 0 Å². The lowest BCUT2D eigenvalue weighted by atomic mass is 10.0. The summed E-state index contributed by atoms with van der Waals surface area (Å²) in [4.78, 5) is 22.1. The fraction of sp³-hybridized carbons (Fsp3) is 0.259. The van der Waals surface area contributed by atoms with Gasteiger partial charge in [-0.05, 0) is 42.3 Å². The first-order valence-electron chi connectivity index (χ1n) is 11.6. The monoisotopic (exact) mass is 473 g/mol. The molecule has 2 aromatic carbocycles. The zero-order valence-electron chi connectivity index (χ0n) is 19.7. The number of nitrogens with one attached hydrogen (secondary N) is 2. The van der Waals surface area contributed by atoms with E-state index in [1.165, 1.54) is 12.1 Å². The first-order valence-corrected chi connectivity index (χ1v) is 11.6. The molecule has 4 aromatic rings. The third-order valence-corrected chi connectivity index (χ3v) is 6.26. The maximum atomic E-state index is 13.8. The lowest BCUT2D eigenvalue weighted by Crippen LogP contribution is -2.45. The molecule has 0 bridgehead atoms. The van der Waals surface area contributed by atoms with Gasteiger partial charge in [-0.25, -0.2) is 20.2 Å². The van der Waals surface area contributed by atoms with E-state index in [-0.39, 0.29) is 23.8 Å². The second-order valence-electron chi connectivity index (χ2n) is 9.02. The van der Waals surface area contributed by atoms with E-state index in [4.69, 9.17) is 9.40 Å². The maximum absolute atomic E-state index is 13.8. The minimum absolute atomic E-state index is 0.0313. The molecule has 0 radical (unpaired) electrons. The number of hydrogen-bond donors (Lipinski definition) is 2. The van der Waals surface area contributed by atoms with Gasteiger partial charge in [-0.15, -0.1) is 0 Å². The van der Waals surface area contributed by atoms with Gasteiger partial charge in [0.2, 0.25) is 5.91 Å². The van der Waals surface area contributed by atoms with Crippen molar-refractivity contribution in [2.24, 2.45) is 0 Å². The van der Waals surface area contributed by atoms with Crippen LogP contribution in [0.25, 0.3) is 10.9 Å². The molecule has 1 saturated heterocycles. The third kappa shape index (κ3) is 5.03. The Bertz CT molecular complexity index is 1310. The van der Waals surface area contributed by atoms with E-state index < -0.39 is 0 Å². The minimum atomic E-state index is -0.388. The number of hydrogen-bond acceptors (Lipinski definition) is 6. The minimum Gasteiger partial charge on any atom is -0.467 e. The molecule has 0 aliphatic carbocycles. The number of rotatable bonds is 7. The van der Waals surface area contributed by atoms with Crippen LogP contribution in [0, 0.1) is 5.82 Å². The Morgan fingerprint density at radius 3 is 2.63 bits per heavy atom. The molecule has 3 heterocycles. The number of hydrazine groups is 1. The van der Waals surface area contributed by atoms with Crippen molar-refractivity contribution in [3.05, 3.63) is 95.7 Å². The Morgan fingerprint density at radius 1 is 1.06 bits per heavy atom. The molecule has 1 aliphatic heterocycles. The van der Waals surface area contributed by atoms with Crippen molar-refractivity contribution < 1.29 is 13.6 Å². The van der Waals surface area contributed by atoms with Gasteiger partial charge in [0.05, 0.1) is 18.3 Å². The topological polar surface area (TPSA) is 73.6 Å². The molecule has 1 amide bonds. The van der Waals surface area contributed by atoms with Gasteiger partial charge in [-0.3, -0.25) is 4.79 Å².